The molecule has 0 heterocycles. The van der Waals surface area contributed by atoms with E-state index in [1.807, 2.05) is 19.1 Å². The third kappa shape index (κ3) is 7.12. The van der Waals surface area contributed by atoms with Crippen LogP contribution in [0.25, 0.3) is 0 Å². The number of nitrogens with one attached hydrogen (secondary N) is 1. The smallest absolute Gasteiger partial charge is 0.115 e. The molecule has 2 unspecified atom stereocenters. The first-order valence-electron chi connectivity index (χ1n) is 6.39. The molecule has 2 atom stereocenters. The minimum Gasteiger partial charge on any atom is -0.508 e. The molecule has 1 aromatic rings. The highest BCUT2D eigenvalue weighted by Crippen LogP contribution is 2.09. The van der Waals surface area contributed by atoms with Gasteiger partial charge in [-0.3, -0.25) is 0 Å². The zero-order valence-corrected chi connectivity index (χ0v) is 11.5. The largest absolute Gasteiger partial charge is 0.508 e. The monoisotopic (exact) mass is 269 g/mol. The molecular weight excluding hydrogens is 246 g/mol. The molecule has 0 saturated heterocycles. The molecule has 0 spiro atoms. The molecule has 19 heavy (non-hydrogen) atoms. The summed E-state index contributed by atoms with van der Waals surface area (Å²) in [5, 5.41) is 22.0. The van der Waals surface area contributed by atoms with E-state index < -0.39 is 6.10 Å². The predicted molar refractivity (Wildman–Crippen MR) is 73.1 cm³/mol. The van der Waals surface area contributed by atoms with E-state index in [-0.39, 0.29) is 18.5 Å². The first kappa shape index (κ1) is 15.9. The number of phenols is 1. The number of aliphatic hydroxyl groups is 1. The van der Waals surface area contributed by atoms with Gasteiger partial charge in [-0.1, -0.05) is 12.1 Å². The second kappa shape index (κ2) is 8.87. The summed E-state index contributed by atoms with van der Waals surface area (Å²) in [7, 11) is 1.62. The molecule has 0 aliphatic heterocycles. The number of methoxy groups -OCH3 is 1. The lowest BCUT2D eigenvalue weighted by atomic mass is 10.2. The standard InChI is InChI=1S/C14H23NO4/c1-11(9-18-2)19-10-14(17)8-15-7-12-3-5-13(16)6-4-12/h3-6,11,14-17H,7-10H2,1-2H3. The highest BCUT2D eigenvalue weighted by molar-refractivity contribution is 5.25. The van der Waals surface area contributed by atoms with Gasteiger partial charge < -0.3 is 25.0 Å². The molecule has 1 rings (SSSR count). The van der Waals surface area contributed by atoms with Crippen LogP contribution in [0.15, 0.2) is 24.3 Å². The first-order chi connectivity index (χ1) is 9.11. The summed E-state index contributed by atoms with van der Waals surface area (Å²) in [5.74, 6) is 0.254. The van der Waals surface area contributed by atoms with Crippen molar-refractivity contribution in [2.75, 3.05) is 26.9 Å². The number of benzene rings is 1. The maximum Gasteiger partial charge on any atom is 0.115 e. The van der Waals surface area contributed by atoms with E-state index in [4.69, 9.17) is 14.6 Å². The summed E-state index contributed by atoms with van der Waals surface area (Å²) in [5.41, 5.74) is 1.05. The van der Waals surface area contributed by atoms with Crippen LogP contribution in [0.2, 0.25) is 0 Å². The number of hydrogen-bond acceptors (Lipinski definition) is 5. The van der Waals surface area contributed by atoms with Crippen LogP contribution in [0.5, 0.6) is 5.75 Å². The van der Waals surface area contributed by atoms with Crippen molar-refractivity contribution in [3.8, 4) is 5.75 Å². The molecule has 0 amide bonds. The van der Waals surface area contributed by atoms with Crippen LogP contribution < -0.4 is 5.32 Å². The fourth-order valence-electron chi connectivity index (χ4n) is 1.61. The van der Waals surface area contributed by atoms with Crippen LogP contribution in [0, 0.1) is 0 Å². The number of rotatable bonds is 9. The van der Waals surface area contributed by atoms with Gasteiger partial charge >= 0.3 is 0 Å². The topological polar surface area (TPSA) is 71.0 Å². The zero-order chi connectivity index (χ0) is 14.1. The highest BCUT2D eigenvalue weighted by Gasteiger charge is 2.07. The fourth-order valence-corrected chi connectivity index (χ4v) is 1.61. The molecule has 5 nitrogen and oxygen atoms in total. The lowest BCUT2D eigenvalue weighted by Crippen LogP contribution is -2.32. The first-order valence-corrected chi connectivity index (χ1v) is 6.39. The third-order valence-corrected chi connectivity index (χ3v) is 2.62. The minimum atomic E-state index is -0.545. The average molecular weight is 269 g/mol. The zero-order valence-electron chi connectivity index (χ0n) is 11.5. The maximum absolute atomic E-state index is 9.72. The molecule has 0 aliphatic carbocycles. The van der Waals surface area contributed by atoms with Crippen LogP contribution >= 0.6 is 0 Å². The Kier molecular flexibility index (Phi) is 7.43. The molecule has 5 heteroatoms. The van der Waals surface area contributed by atoms with Gasteiger partial charge in [-0.05, 0) is 24.6 Å². The van der Waals surface area contributed by atoms with Crippen molar-refractivity contribution in [1.29, 1.82) is 0 Å². The van der Waals surface area contributed by atoms with Crippen molar-refractivity contribution in [2.45, 2.75) is 25.7 Å². The Bertz CT molecular complexity index is 342. The Balaban J connectivity index is 2.13. The average Bonchev–Trinajstić information content (AvgIpc) is 2.39. The van der Waals surface area contributed by atoms with Crippen molar-refractivity contribution in [1.82, 2.24) is 5.32 Å². The quantitative estimate of drug-likeness (QED) is 0.621. The van der Waals surface area contributed by atoms with Gasteiger partial charge in [0.1, 0.15) is 5.75 Å². The van der Waals surface area contributed by atoms with Crippen LogP contribution in [0.3, 0.4) is 0 Å². The summed E-state index contributed by atoms with van der Waals surface area (Å²) in [6, 6.07) is 6.96. The van der Waals surface area contributed by atoms with Gasteiger partial charge in [0.25, 0.3) is 0 Å². The van der Waals surface area contributed by atoms with E-state index in [1.54, 1.807) is 19.2 Å². The van der Waals surface area contributed by atoms with Crippen molar-refractivity contribution >= 4 is 0 Å². The van der Waals surface area contributed by atoms with Crippen molar-refractivity contribution in [3.05, 3.63) is 29.8 Å². The van der Waals surface area contributed by atoms with Crippen molar-refractivity contribution in [3.63, 3.8) is 0 Å². The predicted octanol–water partition coefficient (Wildman–Crippen LogP) is 0.894. The molecule has 0 bridgehead atoms. The number of ether oxygens (including phenoxy) is 2. The minimum absolute atomic E-state index is 0.0169. The van der Waals surface area contributed by atoms with E-state index >= 15 is 0 Å². The Morgan fingerprint density at radius 3 is 2.53 bits per heavy atom. The summed E-state index contributed by atoms with van der Waals surface area (Å²) in [4.78, 5) is 0. The molecule has 0 radical (unpaired) electrons. The van der Waals surface area contributed by atoms with Crippen LogP contribution in [0.4, 0.5) is 0 Å². The Labute approximate surface area is 114 Å². The summed E-state index contributed by atoms with van der Waals surface area (Å²) in [6.07, 6.45) is -0.562. The number of phenolic OH excluding ortho intramolecular Hbond substituents is 1. The Hall–Kier alpha value is -1.14. The molecular formula is C14H23NO4. The number of aromatic hydroxyl groups is 1. The van der Waals surface area contributed by atoms with E-state index in [1.165, 1.54) is 0 Å². The molecule has 0 saturated carbocycles. The van der Waals surface area contributed by atoms with Gasteiger partial charge in [0.2, 0.25) is 0 Å². The van der Waals surface area contributed by atoms with E-state index in [2.05, 4.69) is 5.32 Å². The molecule has 108 valence electrons. The van der Waals surface area contributed by atoms with Crippen molar-refractivity contribution in [2.24, 2.45) is 0 Å². The molecule has 0 fully saturated rings. The summed E-state index contributed by atoms with van der Waals surface area (Å²) in [6.45, 7) is 3.81. The molecule has 3 N–H and O–H groups in total. The lowest BCUT2D eigenvalue weighted by molar-refractivity contribution is -0.0311. The Morgan fingerprint density at radius 2 is 1.89 bits per heavy atom. The van der Waals surface area contributed by atoms with Gasteiger partial charge in [0.05, 0.1) is 25.4 Å². The normalized spacial score (nSPS) is 14.3. The van der Waals surface area contributed by atoms with E-state index in [0.717, 1.165) is 5.56 Å². The summed E-state index contributed by atoms with van der Waals surface area (Å²) < 4.78 is 10.4. The molecule has 0 aromatic heterocycles. The molecule has 0 aliphatic rings. The highest BCUT2D eigenvalue weighted by atomic mass is 16.5. The van der Waals surface area contributed by atoms with Gasteiger partial charge in [-0.25, -0.2) is 0 Å². The SMILES string of the molecule is COCC(C)OCC(O)CNCc1ccc(O)cc1. The second-order valence-corrected chi connectivity index (χ2v) is 4.55. The number of aliphatic hydroxyl groups excluding tert-OH is 1. The van der Waals surface area contributed by atoms with Gasteiger partial charge in [0.15, 0.2) is 0 Å². The van der Waals surface area contributed by atoms with Crippen LogP contribution in [-0.4, -0.2) is 49.3 Å². The van der Waals surface area contributed by atoms with Crippen LogP contribution in [0.1, 0.15) is 12.5 Å². The van der Waals surface area contributed by atoms with Crippen molar-refractivity contribution < 1.29 is 19.7 Å². The van der Waals surface area contributed by atoms with Gasteiger partial charge in [-0.2, -0.15) is 0 Å². The number of hydrogen-bond donors (Lipinski definition) is 3. The van der Waals surface area contributed by atoms with Crippen LogP contribution in [-0.2, 0) is 16.0 Å². The Morgan fingerprint density at radius 1 is 1.21 bits per heavy atom. The molecule has 1 aromatic carbocycles. The fraction of sp³-hybridized carbons (Fsp3) is 0.571. The lowest BCUT2D eigenvalue weighted by Gasteiger charge is -2.16. The second-order valence-electron chi connectivity index (χ2n) is 4.55. The van der Waals surface area contributed by atoms with Gasteiger partial charge in [0, 0.05) is 20.2 Å². The third-order valence-electron chi connectivity index (χ3n) is 2.62. The van der Waals surface area contributed by atoms with Gasteiger partial charge in [-0.15, -0.1) is 0 Å². The maximum atomic E-state index is 9.72. The van der Waals surface area contributed by atoms with E-state index in [9.17, 15) is 5.11 Å². The summed E-state index contributed by atoms with van der Waals surface area (Å²) >= 11 is 0. The van der Waals surface area contributed by atoms with E-state index in [0.29, 0.717) is 19.7 Å².